The highest BCUT2D eigenvalue weighted by Gasteiger charge is 2.23. The van der Waals surface area contributed by atoms with Gasteiger partial charge in [-0.3, -0.25) is 4.79 Å². The van der Waals surface area contributed by atoms with Crippen molar-refractivity contribution in [3.05, 3.63) is 18.2 Å². The van der Waals surface area contributed by atoms with E-state index in [-0.39, 0.29) is 22.5 Å². The molecule has 1 saturated carbocycles. The molecule has 0 aromatic heterocycles. The third-order valence-corrected chi connectivity index (χ3v) is 4.84. The lowest BCUT2D eigenvalue weighted by atomic mass is 10.2. The topological polar surface area (TPSA) is 101 Å². The average molecular weight is 297 g/mol. The number of nitrogens with two attached hydrogens (primary N) is 1. The zero-order chi connectivity index (χ0) is 14.8. The molecular formula is C13H19N3O3S. The summed E-state index contributed by atoms with van der Waals surface area (Å²) in [5, 5.41) is 2.55. The average Bonchev–Trinajstić information content (AvgIpc) is 2.83. The molecule has 110 valence electrons. The highest BCUT2D eigenvalue weighted by Crippen LogP contribution is 2.24. The van der Waals surface area contributed by atoms with Crippen LogP contribution in [-0.2, 0) is 14.8 Å². The number of nitrogen functional groups attached to an aromatic ring is 1. The zero-order valence-electron chi connectivity index (χ0n) is 11.3. The fourth-order valence-electron chi connectivity index (χ4n) is 2.34. The van der Waals surface area contributed by atoms with Gasteiger partial charge in [0, 0.05) is 13.0 Å². The van der Waals surface area contributed by atoms with Crippen LogP contribution in [0.5, 0.6) is 0 Å². The Hall–Kier alpha value is -1.60. The molecule has 0 heterocycles. The second kappa shape index (κ2) is 5.80. The van der Waals surface area contributed by atoms with Crippen molar-refractivity contribution in [3.8, 4) is 0 Å². The van der Waals surface area contributed by atoms with Crippen LogP contribution in [-0.4, -0.2) is 20.4 Å². The molecule has 0 unspecified atom stereocenters. The van der Waals surface area contributed by atoms with E-state index in [2.05, 4.69) is 10.0 Å². The molecule has 0 aliphatic heterocycles. The quantitative estimate of drug-likeness (QED) is 0.732. The summed E-state index contributed by atoms with van der Waals surface area (Å²) < 4.78 is 27.1. The van der Waals surface area contributed by atoms with E-state index in [0.717, 1.165) is 25.7 Å². The van der Waals surface area contributed by atoms with Gasteiger partial charge in [0.15, 0.2) is 0 Å². The Morgan fingerprint density at radius 1 is 1.30 bits per heavy atom. The van der Waals surface area contributed by atoms with Crippen molar-refractivity contribution in [3.63, 3.8) is 0 Å². The Balaban J connectivity index is 2.19. The van der Waals surface area contributed by atoms with Gasteiger partial charge in [-0.25, -0.2) is 13.1 Å². The van der Waals surface area contributed by atoms with Crippen LogP contribution in [0.15, 0.2) is 23.1 Å². The number of rotatable bonds is 4. The molecule has 6 nitrogen and oxygen atoms in total. The van der Waals surface area contributed by atoms with E-state index in [1.54, 1.807) is 0 Å². The number of carbonyl (C=O) groups excluding carboxylic acids is 1. The van der Waals surface area contributed by atoms with Crippen molar-refractivity contribution in [2.45, 2.75) is 43.5 Å². The fraction of sp³-hybridized carbons (Fsp3) is 0.462. The van der Waals surface area contributed by atoms with Crippen LogP contribution in [0.2, 0.25) is 0 Å². The Bertz CT molecular complexity index is 607. The smallest absolute Gasteiger partial charge is 0.240 e. The maximum atomic E-state index is 12.2. The number of nitrogens with one attached hydrogen (secondary N) is 2. The molecule has 0 saturated heterocycles. The van der Waals surface area contributed by atoms with Gasteiger partial charge in [-0.15, -0.1) is 0 Å². The van der Waals surface area contributed by atoms with Crippen molar-refractivity contribution < 1.29 is 13.2 Å². The molecule has 4 N–H and O–H groups in total. The van der Waals surface area contributed by atoms with Gasteiger partial charge >= 0.3 is 0 Å². The Morgan fingerprint density at radius 3 is 2.50 bits per heavy atom. The summed E-state index contributed by atoms with van der Waals surface area (Å²) in [6.07, 6.45) is 3.85. The molecule has 1 amide bonds. The van der Waals surface area contributed by atoms with Crippen molar-refractivity contribution in [2.24, 2.45) is 0 Å². The van der Waals surface area contributed by atoms with Gasteiger partial charge in [-0.05, 0) is 31.0 Å². The molecule has 0 bridgehead atoms. The third-order valence-electron chi connectivity index (χ3n) is 3.32. The predicted molar refractivity (Wildman–Crippen MR) is 77.7 cm³/mol. The number of benzene rings is 1. The summed E-state index contributed by atoms with van der Waals surface area (Å²) in [5.74, 6) is -0.253. The minimum atomic E-state index is -3.55. The minimum absolute atomic E-state index is 0.0104. The molecule has 20 heavy (non-hydrogen) atoms. The molecule has 1 aliphatic rings. The number of hydrogen-bond acceptors (Lipinski definition) is 4. The Labute approximate surface area is 118 Å². The second-order valence-electron chi connectivity index (χ2n) is 5.03. The lowest BCUT2D eigenvalue weighted by Gasteiger charge is -2.14. The summed E-state index contributed by atoms with van der Waals surface area (Å²) in [4.78, 5) is 11.1. The van der Waals surface area contributed by atoms with Crippen molar-refractivity contribution in [2.75, 3.05) is 11.1 Å². The summed E-state index contributed by atoms with van der Waals surface area (Å²) >= 11 is 0. The molecular weight excluding hydrogens is 278 g/mol. The summed E-state index contributed by atoms with van der Waals surface area (Å²) in [7, 11) is -3.55. The number of sulfonamides is 1. The van der Waals surface area contributed by atoms with E-state index in [9.17, 15) is 13.2 Å². The Morgan fingerprint density at radius 2 is 1.95 bits per heavy atom. The molecule has 0 radical (unpaired) electrons. The van der Waals surface area contributed by atoms with Crippen LogP contribution >= 0.6 is 0 Å². The Kier molecular flexibility index (Phi) is 4.29. The third kappa shape index (κ3) is 3.49. The van der Waals surface area contributed by atoms with Gasteiger partial charge in [0.05, 0.1) is 16.3 Å². The van der Waals surface area contributed by atoms with Crippen LogP contribution in [0.25, 0.3) is 0 Å². The van der Waals surface area contributed by atoms with E-state index in [1.165, 1.54) is 25.1 Å². The lowest BCUT2D eigenvalue weighted by Crippen LogP contribution is -2.32. The number of amides is 1. The minimum Gasteiger partial charge on any atom is -0.397 e. The second-order valence-corrected chi connectivity index (χ2v) is 6.75. The predicted octanol–water partition coefficient (Wildman–Crippen LogP) is 1.45. The first-order valence-corrected chi connectivity index (χ1v) is 8.06. The molecule has 0 atom stereocenters. The van der Waals surface area contributed by atoms with E-state index >= 15 is 0 Å². The van der Waals surface area contributed by atoms with Crippen LogP contribution in [0.4, 0.5) is 11.4 Å². The number of carbonyl (C=O) groups is 1. The van der Waals surface area contributed by atoms with Gasteiger partial charge in [0.25, 0.3) is 0 Å². The van der Waals surface area contributed by atoms with Crippen LogP contribution < -0.4 is 15.8 Å². The van der Waals surface area contributed by atoms with E-state index in [0.29, 0.717) is 5.69 Å². The molecule has 1 fully saturated rings. The van der Waals surface area contributed by atoms with Crippen LogP contribution in [0.3, 0.4) is 0 Å². The van der Waals surface area contributed by atoms with Crippen molar-refractivity contribution >= 4 is 27.3 Å². The molecule has 1 aromatic carbocycles. The maximum absolute atomic E-state index is 12.2. The first kappa shape index (κ1) is 14.8. The molecule has 7 heteroatoms. The van der Waals surface area contributed by atoms with E-state index < -0.39 is 10.0 Å². The number of hydrogen-bond donors (Lipinski definition) is 3. The monoisotopic (exact) mass is 297 g/mol. The largest absolute Gasteiger partial charge is 0.397 e. The normalized spacial score (nSPS) is 16.2. The van der Waals surface area contributed by atoms with Crippen LogP contribution in [0, 0.1) is 0 Å². The van der Waals surface area contributed by atoms with Gasteiger partial charge in [0.2, 0.25) is 15.9 Å². The van der Waals surface area contributed by atoms with Gasteiger partial charge in [-0.1, -0.05) is 12.8 Å². The summed E-state index contributed by atoms with van der Waals surface area (Å²) in [5.41, 5.74) is 6.41. The first-order chi connectivity index (χ1) is 9.38. The number of anilines is 2. The van der Waals surface area contributed by atoms with Gasteiger partial charge < -0.3 is 11.1 Å². The maximum Gasteiger partial charge on any atom is 0.240 e. The standard InChI is InChI=1S/C13H19N3O3S/c1-9(17)15-13-7-6-11(8-12(13)14)20(18,19)16-10-4-2-3-5-10/h6-8,10,16H,2-5,14H2,1H3,(H,15,17). The molecule has 2 rings (SSSR count). The summed E-state index contributed by atoms with van der Waals surface area (Å²) in [6, 6.07) is 4.32. The van der Waals surface area contributed by atoms with E-state index in [4.69, 9.17) is 5.73 Å². The van der Waals surface area contributed by atoms with Gasteiger partial charge in [-0.2, -0.15) is 0 Å². The van der Waals surface area contributed by atoms with Gasteiger partial charge in [0.1, 0.15) is 0 Å². The fourth-order valence-corrected chi connectivity index (χ4v) is 3.68. The first-order valence-electron chi connectivity index (χ1n) is 6.58. The lowest BCUT2D eigenvalue weighted by molar-refractivity contribution is -0.114. The molecule has 0 spiro atoms. The highest BCUT2D eigenvalue weighted by atomic mass is 32.2. The molecule has 1 aliphatic carbocycles. The molecule has 1 aromatic rings. The van der Waals surface area contributed by atoms with E-state index in [1.807, 2.05) is 0 Å². The van der Waals surface area contributed by atoms with Crippen molar-refractivity contribution in [1.29, 1.82) is 0 Å². The zero-order valence-corrected chi connectivity index (χ0v) is 12.2. The van der Waals surface area contributed by atoms with Crippen molar-refractivity contribution in [1.82, 2.24) is 4.72 Å². The SMILES string of the molecule is CC(=O)Nc1ccc(S(=O)(=O)NC2CCCC2)cc1N. The summed E-state index contributed by atoms with van der Waals surface area (Å²) in [6.45, 7) is 1.37. The highest BCUT2D eigenvalue weighted by molar-refractivity contribution is 7.89. The van der Waals surface area contributed by atoms with Crippen LogP contribution in [0.1, 0.15) is 32.6 Å².